The van der Waals surface area contributed by atoms with Gasteiger partial charge in [-0.25, -0.2) is 0 Å². The van der Waals surface area contributed by atoms with Crippen molar-refractivity contribution in [2.24, 2.45) is 23.7 Å². The molecule has 0 aromatic carbocycles. The minimum absolute atomic E-state index is 0.115. The monoisotopic (exact) mass is 268 g/mol. The largest absolute Gasteiger partial charge is 0.389 e. The van der Waals surface area contributed by atoms with Crippen LogP contribution in [0.2, 0.25) is 0 Å². The molecule has 0 bridgehead atoms. The fourth-order valence-corrected chi connectivity index (χ4v) is 3.55. The predicted molar refractivity (Wildman–Crippen MR) is 71.5 cm³/mol. The molecule has 108 valence electrons. The van der Waals surface area contributed by atoms with Crippen LogP contribution in [0.1, 0.15) is 47.5 Å². The van der Waals surface area contributed by atoms with Gasteiger partial charge < -0.3 is 5.11 Å². The van der Waals surface area contributed by atoms with Crippen LogP contribution >= 0.6 is 0 Å². The first kappa shape index (κ1) is 16.0. The van der Waals surface area contributed by atoms with Crippen molar-refractivity contribution in [2.45, 2.75) is 53.1 Å². The summed E-state index contributed by atoms with van der Waals surface area (Å²) in [6, 6.07) is 0. The molecule has 19 heavy (non-hydrogen) atoms. The number of ketones is 3. The molecule has 4 nitrogen and oxygen atoms in total. The Morgan fingerprint density at radius 2 is 1.84 bits per heavy atom. The van der Waals surface area contributed by atoms with E-state index in [9.17, 15) is 19.5 Å². The zero-order chi connectivity index (χ0) is 15.0. The summed E-state index contributed by atoms with van der Waals surface area (Å²) >= 11 is 0. The summed E-state index contributed by atoms with van der Waals surface area (Å²) in [5.41, 5.74) is -1.34. The molecule has 0 aromatic heterocycles. The first-order chi connectivity index (χ1) is 8.58. The Kier molecular flexibility index (Phi) is 4.67. The minimum Gasteiger partial charge on any atom is -0.389 e. The second kappa shape index (κ2) is 5.53. The van der Waals surface area contributed by atoms with E-state index < -0.39 is 17.4 Å². The number of Topliss-reactive ketones (excluding diaryl/α,β-unsaturated/α-hetero) is 3. The summed E-state index contributed by atoms with van der Waals surface area (Å²) in [4.78, 5) is 35.8. The Labute approximate surface area is 114 Å². The SMILES string of the molecule is CC(=O)C1C(=O)CC(C)(O)C(C(C)=O)C1CC(C)C. The topological polar surface area (TPSA) is 71.4 Å². The first-order valence-electron chi connectivity index (χ1n) is 6.84. The third kappa shape index (κ3) is 3.30. The van der Waals surface area contributed by atoms with Crippen LogP contribution in [-0.2, 0) is 14.4 Å². The van der Waals surface area contributed by atoms with Crippen LogP contribution in [0.3, 0.4) is 0 Å². The van der Waals surface area contributed by atoms with Crippen molar-refractivity contribution in [1.82, 2.24) is 0 Å². The maximum Gasteiger partial charge on any atom is 0.146 e. The molecule has 0 aliphatic heterocycles. The summed E-state index contributed by atoms with van der Waals surface area (Å²) in [6.07, 6.45) is 0.479. The zero-order valence-corrected chi connectivity index (χ0v) is 12.4. The van der Waals surface area contributed by atoms with Crippen LogP contribution in [0.4, 0.5) is 0 Å². The average molecular weight is 268 g/mol. The van der Waals surface area contributed by atoms with Crippen LogP contribution in [0.25, 0.3) is 0 Å². The van der Waals surface area contributed by atoms with Crippen LogP contribution in [0, 0.1) is 23.7 Å². The van der Waals surface area contributed by atoms with Gasteiger partial charge in [0.1, 0.15) is 17.3 Å². The molecule has 1 rings (SSSR count). The summed E-state index contributed by atoms with van der Waals surface area (Å²) < 4.78 is 0. The zero-order valence-electron chi connectivity index (χ0n) is 12.4. The molecule has 0 amide bonds. The van der Waals surface area contributed by atoms with E-state index in [2.05, 4.69) is 0 Å². The molecule has 0 heterocycles. The predicted octanol–water partition coefficient (Wildman–Crippen LogP) is 1.78. The number of aliphatic hydroxyl groups is 1. The normalized spacial score (nSPS) is 35.5. The van der Waals surface area contributed by atoms with Crippen LogP contribution < -0.4 is 0 Å². The highest BCUT2D eigenvalue weighted by Crippen LogP contribution is 2.43. The number of carbonyl (C=O) groups excluding carboxylic acids is 3. The van der Waals surface area contributed by atoms with Gasteiger partial charge in [0.25, 0.3) is 0 Å². The van der Waals surface area contributed by atoms with Gasteiger partial charge in [0, 0.05) is 6.42 Å². The van der Waals surface area contributed by atoms with E-state index in [1.165, 1.54) is 20.8 Å². The van der Waals surface area contributed by atoms with Crippen molar-refractivity contribution in [1.29, 1.82) is 0 Å². The van der Waals surface area contributed by atoms with E-state index >= 15 is 0 Å². The van der Waals surface area contributed by atoms with Gasteiger partial charge in [-0.2, -0.15) is 0 Å². The van der Waals surface area contributed by atoms with Crippen LogP contribution in [-0.4, -0.2) is 28.1 Å². The van der Waals surface area contributed by atoms with Gasteiger partial charge in [-0.1, -0.05) is 13.8 Å². The lowest BCUT2D eigenvalue weighted by molar-refractivity contribution is -0.157. The Morgan fingerprint density at radius 1 is 1.32 bits per heavy atom. The molecule has 0 aromatic rings. The van der Waals surface area contributed by atoms with E-state index in [0.717, 1.165) is 0 Å². The lowest BCUT2D eigenvalue weighted by Crippen LogP contribution is -2.55. The van der Waals surface area contributed by atoms with Gasteiger partial charge in [0.05, 0.1) is 17.4 Å². The minimum atomic E-state index is -1.34. The molecule has 0 spiro atoms. The van der Waals surface area contributed by atoms with Crippen molar-refractivity contribution >= 4 is 17.3 Å². The highest BCUT2D eigenvalue weighted by molar-refractivity contribution is 6.04. The smallest absolute Gasteiger partial charge is 0.146 e. The fraction of sp³-hybridized carbons (Fsp3) is 0.800. The van der Waals surface area contributed by atoms with Gasteiger partial charge in [0.15, 0.2) is 0 Å². The molecule has 4 unspecified atom stereocenters. The average Bonchev–Trinajstić information content (AvgIpc) is 2.11. The molecule has 0 radical (unpaired) electrons. The van der Waals surface area contributed by atoms with E-state index in [0.29, 0.717) is 6.42 Å². The van der Waals surface area contributed by atoms with Crippen molar-refractivity contribution in [3.05, 3.63) is 0 Å². The van der Waals surface area contributed by atoms with Crippen LogP contribution in [0.5, 0.6) is 0 Å². The molecule has 1 aliphatic rings. The molecular weight excluding hydrogens is 244 g/mol. The summed E-state index contributed by atoms with van der Waals surface area (Å²) in [7, 11) is 0. The van der Waals surface area contributed by atoms with Crippen molar-refractivity contribution in [3.63, 3.8) is 0 Å². The molecule has 1 N–H and O–H groups in total. The quantitative estimate of drug-likeness (QED) is 0.789. The highest BCUT2D eigenvalue weighted by atomic mass is 16.3. The maximum atomic E-state index is 12.1. The molecule has 0 saturated heterocycles. The Bertz CT molecular complexity index is 395. The number of hydrogen-bond acceptors (Lipinski definition) is 4. The molecule has 1 aliphatic carbocycles. The van der Waals surface area contributed by atoms with E-state index in [1.807, 2.05) is 13.8 Å². The van der Waals surface area contributed by atoms with Crippen molar-refractivity contribution in [3.8, 4) is 0 Å². The number of carbonyl (C=O) groups is 3. The lowest BCUT2D eigenvalue weighted by atomic mass is 9.60. The van der Waals surface area contributed by atoms with Gasteiger partial charge in [0.2, 0.25) is 0 Å². The fourth-order valence-electron chi connectivity index (χ4n) is 3.55. The summed E-state index contributed by atoms with van der Waals surface area (Å²) in [5.74, 6) is -2.08. The van der Waals surface area contributed by atoms with Crippen LogP contribution in [0.15, 0.2) is 0 Å². The molecule has 4 atom stereocenters. The molecule has 4 heteroatoms. The lowest BCUT2D eigenvalue weighted by Gasteiger charge is -2.44. The number of hydrogen-bond donors (Lipinski definition) is 1. The third-order valence-electron chi connectivity index (χ3n) is 4.02. The molecule has 1 fully saturated rings. The maximum absolute atomic E-state index is 12.1. The van der Waals surface area contributed by atoms with Gasteiger partial charge in [-0.05, 0) is 39.0 Å². The van der Waals surface area contributed by atoms with Gasteiger partial charge in [-0.3, -0.25) is 14.4 Å². The van der Waals surface area contributed by atoms with Crippen molar-refractivity contribution < 1.29 is 19.5 Å². The van der Waals surface area contributed by atoms with E-state index in [-0.39, 0.29) is 35.6 Å². The third-order valence-corrected chi connectivity index (χ3v) is 4.02. The summed E-state index contributed by atoms with van der Waals surface area (Å²) in [6.45, 7) is 8.33. The second-order valence-corrected chi connectivity index (χ2v) is 6.47. The van der Waals surface area contributed by atoms with E-state index in [4.69, 9.17) is 0 Å². The van der Waals surface area contributed by atoms with Gasteiger partial charge >= 0.3 is 0 Å². The Hall–Kier alpha value is -1.03. The van der Waals surface area contributed by atoms with Crippen molar-refractivity contribution in [2.75, 3.05) is 0 Å². The Morgan fingerprint density at radius 3 is 2.21 bits per heavy atom. The van der Waals surface area contributed by atoms with Gasteiger partial charge in [-0.15, -0.1) is 0 Å². The number of rotatable bonds is 4. The Balaban J connectivity index is 3.24. The molecule has 1 saturated carbocycles. The highest BCUT2D eigenvalue weighted by Gasteiger charge is 2.52. The second-order valence-electron chi connectivity index (χ2n) is 6.47. The standard InChI is InChI=1S/C15H24O4/c1-8(2)6-11-13(9(3)16)12(18)7-15(5,19)14(11)10(4)17/h8,11,13-14,19H,6-7H2,1-5H3. The summed E-state index contributed by atoms with van der Waals surface area (Å²) in [5, 5.41) is 10.4. The molecular formula is C15H24O4. The first-order valence-corrected chi connectivity index (χ1v) is 6.84. The van der Waals surface area contributed by atoms with E-state index in [1.54, 1.807) is 0 Å².